The van der Waals surface area contributed by atoms with Gasteiger partial charge >= 0.3 is 0 Å². The van der Waals surface area contributed by atoms with Crippen LogP contribution in [0.2, 0.25) is 0 Å². The third kappa shape index (κ3) is 3.87. The van der Waals surface area contributed by atoms with E-state index in [2.05, 4.69) is 19.1 Å². The Morgan fingerprint density at radius 2 is 1.61 bits per heavy atom. The number of nitro benzene ring substituents is 1. The van der Waals surface area contributed by atoms with Crippen LogP contribution in [0.1, 0.15) is 33.7 Å². The van der Waals surface area contributed by atoms with Gasteiger partial charge in [-0.2, -0.15) is 0 Å². The van der Waals surface area contributed by atoms with E-state index in [9.17, 15) is 15.2 Å². The quantitative estimate of drug-likeness (QED) is 0.251. The fraction of sp³-hybridized carbons (Fsp3) is 0.111. The molecule has 1 atom stereocenters. The van der Waals surface area contributed by atoms with E-state index in [0.717, 1.165) is 22.3 Å². The van der Waals surface area contributed by atoms with E-state index in [-0.39, 0.29) is 24.0 Å². The molecule has 0 spiro atoms. The number of nitrogens with zero attached hydrogens (tertiary/aromatic N) is 1. The molecule has 0 saturated carbocycles. The molecule has 1 aliphatic rings. The van der Waals surface area contributed by atoms with Crippen molar-refractivity contribution in [3.63, 3.8) is 0 Å². The summed E-state index contributed by atoms with van der Waals surface area (Å²) in [6.45, 7) is 2.14. The first-order valence-electron chi connectivity index (χ1n) is 10.6. The van der Waals surface area contributed by atoms with Crippen LogP contribution in [0.4, 0.5) is 5.69 Å². The van der Waals surface area contributed by atoms with Crippen molar-refractivity contribution < 1.29 is 19.5 Å². The largest absolute Gasteiger partial charge is 0.508 e. The minimum atomic E-state index is -0.412. The molecule has 0 aliphatic carbocycles. The van der Waals surface area contributed by atoms with Gasteiger partial charge in [-0.05, 0) is 36.2 Å². The van der Waals surface area contributed by atoms with Crippen molar-refractivity contribution in [2.45, 2.75) is 19.4 Å². The van der Waals surface area contributed by atoms with Crippen molar-refractivity contribution >= 4 is 5.69 Å². The molecular weight excluding hydrogens is 418 g/mol. The second-order valence-electron chi connectivity index (χ2n) is 7.99. The van der Waals surface area contributed by atoms with Crippen molar-refractivity contribution in [1.82, 2.24) is 0 Å². The summed E-state index contributed by atoms with van der Waals surface area (Å²) in [5.41, 5.74) is 4.79. The fourth-order valence-electron chi connectivity index (χ4n) is 4.29. The molecule has 164 valence electrons. The summed E-state index contributed by atoms with van der Waals surface area (Å²) in [4.78, 5) is 10.9. The molecule has 0 aromatic heterocycles. The fourth-order valence-corrected chi connectivity index (χ4v) is 4.29. The number of phenols is 1. The zero-order valence-corrected chi connectivity index (χ0v) is 17.9. The molecule has 5 rings (SSSR count). The Labute approximate surface area is 190 Å². The van der Waals surface area contributed by atoms with Crippen LogP contribution in [0.15, 0.2) is 84.9 Å². The minimum absolute atomic E-state index is 0.0238. The summed E-state index contributed by atoms with van der Waals surface area (Å²) in [6.07, 6.45) is 0. The lowest BCUT2D eigenvalue weighted by molar-refractivity contribution is -0.385. The first kappa shape index (κ1) is 20.6. The highest BCUT2D eigenvalue weighted by Crippen LogP contribution is 2.49. The monoisotopic (exact) mass is 439 g/mol. The molecule has 33 heavy (non-hydrogen) atoms. The Hall–Kier alpha value is -4.32. The third-order valence-electron chi connectivity index (χ3n) is 5.91. The van der Waals surface area contributed by atoms with Gasteiger partial charge in [-0.15, -0.1) is 0 Å². The maximum atomic E-state index is 11.3. The second-order valence-corrected chi connectivity index (χ2v) is 7.99. The summed E-state index contributed by atoms with van der Waals surface area (Å²) in [5.74, 6) is 1.83. The molecule has 6 heteroatoms. The van der Waals surface area contributed by atoms with E-state index in [1.807, 2.05) is 30.3 Å². The maximum Gasteiger partial charge on any atom is 0.276 e. The van der Waals surface area contributed by atoms with Crippen molar-refractivity contribution in [2.75, 3.05) is 0 Å². The lowest BCUT2D eigenvalue weighted by atomic mass is 9.81. The van der Waals surface area contributed by atoms with Crippen LogP contribution in [0.5, 0.6) is 23.0 Å². The number of phenolic OH excluding ortho intramolecular Hbond substituents is 1. The number of fused-ring (bicyclic) bond motifs is 2. The topological polar surface area (TPSA) is 81.8 Å². The Balaban J connectivity index is 1.52. The highest BCUT2D eigenvalue weighted by Gasteiger charge is 2.30. The summed E-state index contributed by atoms with van der Waals surface area (Å²) in [6, 6.07) is 25.5. The van der Waals surface area contributed by atoms with Crippen molar-refractivity contribution in [3.05, 3.63) is 123 Å². The number of rotatable bonds is 5. The second kappa shape index (κ2) is 8.31. The Morgan fingerprint density at radius 1 is 0.909 bits per heavy atom. The number of aromatic hydroxyl groups is 1. The van der Waals surface area contributed by atoms with Crippen LogP contribution in [-0.4, -0.2) is 10.0 Å². The van der Waals surface area contributed by atoms with Crippen LogP contribution < -0.4 is 9.47 Å². The van der Waals surface area contributed by atoms with E-state index in [4.69, 9.17) is 9.47 Å². The lowest BCUT2D eigenvalue weighted by Crippen LogP contribution is -2.13. The highest BCUT2D eigenvalue weighted by molar-refractivity contribution is 5.61. The van der Waals surface area contributed by atoms with Gasteiger partial charge in [-0.1, -0.05) is 48.5 Å². The summed E-state index contributed by atoms with van der Waals surface area (Å²) < 4.78 is 12.0. The first-order chi connectivity index (χ1) is 16.0. The van der Waals surface area contributed by atoms with Crippen molar-refractivity contribution in [3.8, 4) is 23.0 Å². The zero-order valence-electron chi connectivity index (χ0n) is 17.9. The molecular formula is C27H21NO5. The van der Waals surface area contributed by atoms with Gasteiger partial charge in [-0.25, -0.2) is 0 Å². The number of nitro groups is 1. The predicted molar refractivity (Wildman–Crippen MR) is 124 cm³/mol. The van der Waals surface area contributed by atoms with Gasteiger partial charge in [0.15, 0.2) is 0 Å². The third-order valence-corrected chi connectivity index (χ3v) is 5.91. The average molecular weight is 439 g/mol. The summed E-state index contributed by atoms with van der Waals surface area (Å²) >= 11 is 0. The number of benzene rings is 4. The molecule has 6 nitrogen and oxygen atoms in total. The first-order valence-corrected chi connectivity index (χ1v) is 10.6. The molecule has 0 saturated heterocycles. The van der Waals surface area contributed by atoms with E-state index in [0.29, 0.717) is 22.8 Å². The zero-order chi connectivity index (χ0) is 22.9. The molecule has 1 unspecified atom stereocenters. The average Bonchev–Trinajstić information content (AvgIpc) is 2.81. The predicted octanol–water partition coefficient (Wildman–Crippen LogP) is 6.47. The standard InChI is InChI=1S/C27H21NO5/c1-17-6-2-4-8-21(17)27-22-12-10-19(29)14-25(22)33-26-15-20(11-13-23(26)27)32-16-18-7-3-5-9-24(18)28(30)31/h2-15,27,29H,16H2,1H3. The Bertz CT molecular complexity index is 1360. The van der Waals surface area contributed by atoms with E-state index in [1.54, 1.807) is 36.4 Å². The van der Waals surface area contributed by atoms with Gasteiger partial charge in [0.25, 0.3) is 5.69 Å². The molecule has 0 radical (unpaired) electrons. The van der Waals surface area contributed by atoms with Crippen molar-refractivity contribution in [2.24, 2.45) is 0 Å². The van der Waals surface area contributed by atoms with E-state index >= 15 is 0 Å². The molecule has 0 bridgehead atoms. The Morgan fingerprint density at radius 3 is 2.39 bits per heavy atom. The normalized spacial score (nSPS) is 14.0. The number of hydrogen-bond donors (Lipinski definition) is 1. The van der Waals surface area contributed by atoms with Gasteiger partial charge < -0.3 is 14.6 Å². The molecule has 4 aromatic rings. The van der Waals surface area contributed by atoms with Gasteiger partial charge in [-0.3, -0.25) is 10.1 Å². The number of para-hydroxylation sites is 1. The molecule has 1 aliphatic heterocycles. The highest BCUT2D eigenvalue weighted by atomic mass is 16.6. The smallest absolute Gasteiger partial charge is 0.276 e. The molecule has 1 heterocycles. The van der Waals surface area contributed by atoms with E-state index in [1.165, 1.54) is 6.07 Å². The van der Waals surface area contributed by atoms with Gasteiger partial charge in [0, 0.05) is 35.2 Å². The number of hydrogen-bond acceptors (Lipinski definition) is 5. The molecule has 0 fully saturated rings. The van der Waals surface area contributed by atoms with Crippen molar-refractivity contribution in [1.29, 1.82) is 0 Å². The molecule has 4 aromatic carbocycles. The van der Waals surface area contributed by atoms with E-state index < -0.39 is 4.92 Å². The lowest BCUT2D eigenvalue weighted by Gasteiger charge is -2.30. The van der Waals surface area contributed by atoms with Crippen LogP contribution in [-0.2, 0) is 6.61 Å². The van der Waals surface area contributed by atoms with Gasteiger partial charge in [0.05, 0.1) is 10.5 Å². The van der Waals surface area contributed by atoms with Gasteiger partial charge in [0.2, 0.25) is 0 Å². The minimum Gasteiger partial charge on any atom is -0.508 e. The van der Waals surface area contributed by atoms with Crippen LogP contribution in [0.3, 0.4) is 0 Å². The molecule has 0 amide bonds. The SMILES string of the molecule is Cc1ccccc1C1c2ccc(O)cc2Oc2cc(OCc3ccccc3[N+](=O)[O-])ccc21. The summed E-state index contributed by atoms with van der Waals surface area (Å²) in [7, 11) is 0. The van der Waals surface area contributed by atoms with Crippen LogP contribution in [0, 0.1) is 17.0 Å². The summed E-state index contributed by atoms with van der Waals surface area (Å²) in [5, 5.41) is 21.3. The maximum absolute atomic E-state index is 11.3. The number of ether oxygens (including phenoxy) is 2. The molecule has 1 N–H and O–H groups in total. The van der Waals surface area contributed by atoms with Crippen LogP contribution >= 0.6 is 0 Å². The number of aryl methyl sites for hydroxylation is 1. The van der Waals surface area contributed by atoms with Gasteiger partial charge in [0.1, 0.15) is 29.6 Å². The Kier molecular flexibility index (Phi) is 5.18. The van der Waals surface area contributed by atoms with Crippen LogP contribution in [0.25, 0.3) is 0 Å².